The van der Waals surface area contributed by atoms with Crippen molar-refractivity contribution in [1.82, 2.24) is 20.2 Å². The average molecular weight is 697 g/mol. The summed E-state index contributed by atoms with van der Waals surface area (Å²) in [4.78, 5) is 50.4. The first-order valence-electron chi connectivity index (χ1n) is 17.6. The number of aromatic nitrogens is 2. The third-order valence-corrected chi connectivity index (χ3v) is 10.5. The second-order valence-electron chi connectivity index (χ2n) is 14.1. The zero-order valence-electron chi connectivity index (χ0n) is 29.5. The number of rotatable bonds is 16. The number of carbonyl (C=O) groups is 3. The maximum atomic E-state index is 13.5. The third kappa shape index (κ3) is 9.78. The van der Waals surface area contributed by atoms with Crippen molar-refractivity contribution < 1.29 is 24.2 Å². The minimum absolute atomic E-state index is 0.0961. The molecule has 10 heteroatoms. The van der Waals surface area contributed by atoms with Crippen molar-refractivity contribution in [3.05, 3.63) is 88.4 Å². The summed E-state index contributed by atoms with van der Waals surface area (Å²) in [5, 5.41) is 12.2. The maximum Gasteiger partial charge on any atom is 0.310 e. The topological polar surface area (TPSA) is 122 Å². The highest BCUT2D eigenvalue weighted by atomic mass is 32.1. The zero-order chi connectivity index (χ0) is 35.7. The van der Waals surface area contributed by atoms with E-state index in [1.165, 1.54) is 48.3 Å². The fourth-order valence-electron chi connectivity index (χ4n) is 5.80. The van der Waals surface area contributed by atoms with Crippen LogP contribution in [0.25, 0.3) is 22.5 Å². The van der Waals surface area contributed by atoms with Crippen LogP contribution in [0, 0.1) is 5.92 Å². The summed E-state index contributed by atoms with van der Waals surface area (Å²) >= 11 is 1.41. The van der Waals surface area contributed by atoms with Crippen molar-refractivity contribution >= 4 is 29.1 Å². The number of aliphatic carboxylic acids is 1. The Bertz CT molecular complexity index is 1720. The second kappa shape index (κ2) is 16.9. The molecular weight excluding hydrogens is 649 g/mol. The minimum atomic E-state index is -0.921. The number of carboxylic acid groups (broad SMARTS) is 1. The molecule has 5 rings (SSSR count). The van der Waals surface area contributed by atoms with E-state index >= 15 is 0 Å². The molecule has 50 heavy (non-hydrogen) atoms. The van der Waals surface area contributed by atoms with E-state index in [4.69, 9.17) is 4.74 Å². The molecule has 0 radical (unpaired) electrons. The average Bonchev–Trinajstić information content (AvgIpc) is 3.59. The molecule has 2 amide bonds. The highest BCUT2D eigenvalue weighted by molar-refractivity contribution is 7.14. The van der Waals surface area contributed by atoms with Crippen LogP contribution in [0.3, 0.4) is 0 Å². The van der Waals surface area contributed by atoms with E-state index in [9.17, 15) is 19.5 Å². The van der Waals surface area contributed by atoms with E-state index in [2.05, 4.69) is 43.0 Å². The monoisotopic (exact) mass is 696 g/mol. The fourth-order valence-corrected chi connectivity index (χ4v) is 6.76. The summed E-state index contributed by atoms with van der Waals surface area (Å²) in [5.41, 5.74) is 3.49. The Hall–Kier alpha value is -4.57. The number of hydrogen-bond donors (Lipinski definition) is 2. The molecule has 0 aliphatic carbocycles. The molecule has 2 aromatic carbocycles. The van der Waals surface area contributed by atoms with Crippen LogP contribution >= 0.6 is 11.3 Å². The molecule has 1 fully saturated rings. The van der Waals surface area contributed by atoms with Crippen LogP contribution in [0.15, 0.2) is 73.1 Å². The van der Waals surface area contributed by atoms with Gasteiger partial charge in [0.15, 0.2) is 5.82 Å². The van der Waals surface area contributed by atoms with Crippen LogP contribution in [0.2, 0.25) is 0 Å². The molecule has 0 bridgehead atoms. The van der Waals surface area contributed by atoms with Gasteiger partial charge in [-0.1, -0.05) is 96.2 Å². The summed E-state index contributed by atoms with van der Waals surface area (Å²) < 4.78 is 5.92. The molecule has 0 saturated carbocycles. The largest absolute Gasteiger partial charge is 0.494 e. The van der Waals surface area contributed by atoms with Crippen LogP contribution in [0.1, 0.15) is 86.3 Å². The molecule has 3 heterocycles. The quantitative estimate of drug-likeness (QED) is 0.115. The van der Waals surface area contributed by atoms with Gasteiger partial charge >= 0.3 is 5.97 Å². The van der Waals surface area contributed by atoms with Crippen LogP contribution in [0.4, 0.5) is 0 Å². The van der Waals surface area contributed by atoms with E-state index in [1.807, 2.05) is 54.6 Å². The Balaban J connectivity index is 1.20. The molecular formula is C40H48N4O5S. The van der Waals surface area contributed by atoms with Crippen LogP contribution < -0.4 is 10.1 Å². The SMILES string of the molecule is CCCCCCCCOc1ccc(-c2cnc(-c3ccc(C[C@H](NC(=O)c4ccc(C(C)(C)C)s4)C(=O)N4CC(C(=O)O)C4)cc3)nc2)cc1. The number of likely N-dealkylation sites (tertiary alicyclic amines) is 1. The molecule has 264 valence electrons. The van der Waals surface area contributed by atoms with Crippen LogP contribution in [-0.4, -0.2) is 63.5 Å². The summed E-state index contributed by atoms with van der Waals surface area (Å²) in [6.07, 6.45) is 11.3. The summed E-state index contributed by atoms with van der Waals surface area (Å²) in [6.45, 7) is 9.49. The fraction of sp³-hybridized carbons (Fsp3) is 0.425. The number of amides is 2. The van der Waals surface area contributed by atoms with Gasteiger partial charge in [0.25, 0.3) is 5.91 Å². The molecule has 0 spiro atoms. The number of nitrogens with zero attached hydrogens (tertiary/aromatic N) is 3. The van der Waals surface area contributed by atoms with Crippen molar-refractivity contribution in [3.8, 4) is 28.3 Å². The smallest absolute Gasteiger partial charge is 0.310 e. The molecule has 0 unspecified atom stereocenters. The third-order valence-electron chi connectivity index (χ3n) is 8.97. The number of unbranched alkanes of at least 4 members (excludes halogenated alkanes) is 5. The highest BCUT2D eigenvalue weighted by Gasteiger charge is 2.39. The molecule has 1 saturated heterocycles. The Morgan fingerprint density at radius 2 is 1.52 bits per heavy atom. The number of carbonyl (C=O) groups excluding carboxylic acids is 2. The van der Waals surface area contributed by atoms with Gasteiger partial charge in [-0.05, 0) is 47.2 Å². The van der Waals surface area contributed by atoms with Crippen molar-refractivity contribution in [2.45, 2.75) is 84.1 Å². The molecule has 4 aromatic rings. The Morgan fingerprint density at radius 3 is 2.14 bits per heavy atom. The first kappa shape index (κ1) is 36.7. The van der Waals surface area contributed by atoms with Gasteiger partial charge in [0.2, 0.25) is 5.91 Å². The first-order chi connectivity index (χ1) is 24.0. The van der Waals surface area contributed by atoms with E-state index in [1.54, 1.807) is 18.5 Å². The number of carboxylic acids is 1. The van der Waals surface area contributed by atoms with Gasteiger partial charge in [-0.15, -0.1) is 11.3 Å². The first-order valence-corrected chi connectivity index (χ1v) is 18.4. The van der Waals surface area contributed by atoms with Gasteiger partial charge in [-0.25, -0.2) is 9.97 Å². The lowest BCUT2D eigenvalue weighted by atomic mass is 9.95. The summed E-state index contributed by atoms with van der Waals surface area (Å²) in [5.74, 6) is -0.675. The van der Waals surface area contributed by atoms with Gasteiger partial charge in [0, 0.05) is 47.9 Å². The number of nitrogens with one attached hydrogen (secondary N) is 1. The van der Waals surface area contributed by atoms with Gasteiger partial charge in [0.05, 0.1) is 17.4 Å². The zero-order valence-corrected chi connectivity index (χ0v) is 30.3. The van der Waals surface area contributed by atoms with Gasteiger partial charge in [0.1, 0.15) is 11.8 Å². The van der Waals surface area contributed by atoms with Crippen LogP contribution in [-0.2, 0) is 21.4 Å². The van der Waals surface area contributed by atoms with E-state index in [0.29, 0.717) is 10.7 Å². The Labute approximate surface area is 299 Å². The summed E-state index contributed by atoms with van der Waals surface area (Å²) in [7, 11) is 0. The number of ether oxygens (including phenoxy) is 1. The lowest BCUT2D eigenvalue weighted by molar-refractivity contribution is -0.153. The van der Waals surface area contributed by atoms with Crippen LogP contribution in [0.5, 0.6) is 5.75 Å². The van der Waals surface area contributed by atoms with Crippen molar-refractivity contribution in [2.75, 3.05) is 19.7 Å². The van der Waals surface area contributed by atoms with Crippen molar-refractivity contribution in [2.24, 2.45) is 5.92 Å². The molecule has 2 N–H and O–H groups in total. The molecule has 1 aliphatic rings. The molecule has 2 aromatic heterocycles. The second-order valence-corrected chi connectivity index (χ2v) is 15.1. The molecule has 9 nitrogen and oxygen atoms in total. The lowest BCUT2D eigenvalue weighted by Gasteiger charge is -2.38. The molecule has 1 aliphatic heterocycles. The number of benzene rings is 2. The van der Waals surface area contributed by atoms with Gasteiger partial charge in [-0.3, -0.25) is 14.4 Å². The Morgan fingerprint density at radius 1 is 0.880 bits per heavy atom. The van der Waals surface area contributed by atoms with E-state index in [0.717, 1.165) is 45.9 Å². The normalized spacial score (nSPS) is 13.8. The number of hydrogen-bond acceptors (Lipinski definition) is 7. The minimum Gasteiger partial charge on any atom is -0.494 e. The van der Waals surface area contributed by atoms with Crippen molar-refractivity contribution in [3.63, 3.8) is 0 Å². The highest BCUT2D eigenvalue weighted by Crippen LogP contribution is 2.30. The number of thiophene rings is 1. The van der Waals surface area contributed by atoms with E-state index < -0.39 is 17.9 Å². The predicted molar refractivity (Wildman–Crippen MR) is 197 cm³/mol. The summed E-state index contributed by atoms with van der Waals surface area (Å²) in [6, 6.07) is 18.5. The molecule has 1 atom stereocenters. The maximum absolute atomic E-state index is 13.5. The van der Waals surface area contributed by atoms with Gasteiger partial charge in [-0.2, -0.15) is 0 Å². The van der Waals surface area contributed by atoms with Crippen molar-refractivity contribution in [1.29, 1.82) is 0 Å². The lowest BCUT2D eigenvalue weighted by Crippen LogP contribution is -2.59. The van der Waals surface area contributed by atoms with Gasteiger partial charge < -0.3 is 20.1 Å². The standard InChI is InChI=1S/C40H48N4O5S/c1-5-6-7-8-9-10-21-49-32-17-15-28(16-18-32)30-23-41-36(42-24-30)29-13-11-27(12-14-29)22-33(38(46)44-25-31(26-44)39(47)48)43-37(45)34-19-20-35(50-34)40(2,3)4/h11-20,23-24,31,33H,5-10,21-22,25-26H2,1-4H3,(H,43,45)(H,47,48)/t33-/m0/s1. The van der Waals surface area contributed by atoms with E-state index in [-0.39, 0.29) is 36.7 Å². The Kier molecular flexibility index (Phi) is 12.4. The predicted octanol–water partition coefficient (Wildman–Crippen LogP) is 7.79.